The third kappa shape index (κ3) is 2.25. The zero-order valence-electron chi connectivity index (χ0n) is 8.67. The van der Waals surface area contributed by atoms with Gasteiger partial charge in [-0.25, -0.2) is 14.8 Å². The van der Waals surface area contributed by atoms with E-state index in [-0.39, 0.29) is 5.69 Å². The Morgan fingerprint density at radius 3 is 3.00 bits per heavy atom. The molecule has 0 fully saturated rings. The fraction of sp³-hybridized carbons (Fsp3) is 0.182. The van der Waals surface area contributed by atoms with Crippen molar-refractivity contribution in [3.63, 3.8) is 0 Å². The number of hydrogen-bond donors (Lipinski definition) is 1. The summed E-state index contributed by atoms with van der Waals surface area (Å²) in [6.45, 7) is 1.69. The third-order valence-corrected chi connectivity index (χ3v) is 3.01. The maximum atomic E-state index is 10.9. The van der Waals surface area contributed by atoms with Crippen molar-refractivity contribution in [1.82, 2.24) is 9.97 Å². The molecule has 0 amide bonds. The Balaban J connectivity index is 2.29. The second kappa shape index (κ2) is 4.40. The number of rotatable bonds is 3. The first kappa shape index (κ1) is 10.8. The predicted octanol–water partition coefficient (Wildman–Crippen LogP) is 2.14. The highest BCUT2D eigenvalue weighted by Crippen LogP contribution is 2.13. The van der Waals surface area contributed by atoms with Crippen LogP contribution >= 0.6 is 11.3 Å². The van der Waals surface area contributed by atoms with Crippen molar-refractivity contribution in [1.29, 1.82) is 0 Å². The monoisotopic (exact) mass is 234 g/mol. The number of aryl methyl sites for hydroxylation is 1. The molecule has 1 N–H and O–H groups in total. The van der Waals surface area contributed by atoms with E-state index in [0.717, 1.165) is 4.88 Å². The summed E-state index contributed by atoms with van der Waals surface area (Å²) in [7, 11) is 0. The number of carboxylic acids is 1. The van der Waals surface area contributed by atoms with Crippen LogP contribution in [0.15, 0.2) is 23.7 Å². The molecule has 2 heterocycles. The first-order valence-corrected chi connectivity index (χ1v) is 5.63. The molecule has 2 aromatic rings. The SMILES string of the molecule is Cc1cnc(Cc2cccs2)nc1C(=O)O. The van der Waals surface area contributed by atoms with E-state index in [2.05, 4.69) is 9.97 Å². The third-order valence-electron chi connectivity index (χ3n) is 2.14. The lowest BCUT2D eigenvalue weighted by atomic mass is 10.2. The van der Waals surface area contributed by atoms with Gasteiger partial charge in [-0.2, -0.15) is 0 Å². The number of hydrogen-bond acceptors (Lipinski definition) is 4. The van der Waals surface area contributed by atoms with Gasteiger partial charge in [0.25, 0.3) is 0 Å². The quantitative estimate of drug-likeness (QED) is 0.883. The molecule has 0 aliphatic carbocycles. The Bertz CT molecular complexity index is 509. The van der Waals surface area contributed by atoms with Crippen LogP contribution in [-0.2, 0) is 6.42 Å². The summed E-state index contributed by atoms with van der Waals surface area (Å²) in [5.74, 6) is -0.460. The maximum Gasteiger partial charge on any atom is 0.354 e. The number of aromatic nitrogens is 2. The van der Waals surface area contributed by atoms with Gasteiger partial charge in [0.2, 0.25) is 0 Å². The van der Waals surface area contributed by atoms with Crippen molar-refractivity contribution in [2.75, 3.05) is 0 Å². The van der Waals surface area contributed by atoms with E-state index in [1.165, 1.54) is 0 Å². The Labute approximate surface area is 96.6 Å². The van der Waals surface area contributed by atoms with E-state index < -0.39 is 5.97 Å². The van der Waals surface area contributed by atoms with Crippen LogP contribution in [0.3, 0.4) is 0 Å². The standard InChI is InChI=1S/C11H10N2O2S/c1-7-6-12-9(13-10(7)11(14)15)5-8-3-2-4-16-8/h2-4,6H,5H2,1H3,(H,14,15). The van der Waals surface area contributed by atoms with Crippen molar-refractivity contribution in [3.8, 4) is 0 Å². The molecule has 0 spiro atoms. The highest BCUT2D eigenvalue weighted by Gasteiger charge is 2.11. The largest absolute Gasteiger partial charge is 0.477 e. The molecule has 0 aliphatic rings. The van der Waals surface area contributed by atoms with Crippen molar-refractivity contribution in [3.05, 3.63) is 45.7 Å². The summed E-state index contributed by atoms with van der Waals surface area (Å²) in [6.07, 6.45) is 2.14. The van der Waals surface area contributed by atoms with Crippen molar-refractivity contribution >= 4 is 17.3 Å². The molecule has 0 radical (unpaired) electrons. The lowest BCUT2D eigenvalue weighted by Crippen LogP contribution is -2.07. The van der Waals surface area contributed by atoms with Crippen LogP contribution in [0.25, 0.3) is 0 Å². The summed E-state index contributed by atoms with van der Waals surface area (Å²) in [6, 6.07) is 3.93. The zero-order chi connectivity index (χ0) is 11.5. The van der Waals surface area contributed by atoms with Gasteiger partial charge in [-0.15, -0.1) is 11.3 Å². The molecule has 2 rings (SSSR count). The van der Waals surface area contributed by atoms with Crippen molar-refractivity contribution in [2.45, 2.75) is 13.3 Å². The molecule has 2 aromatic heterocycles. The van der Waals surface area contributed by atoms with Crippen molar-refractivity contribution < 1.29 is 9.90 Å². The van der Waals surface area contributed by atoms with E-state index in [1.54, 1.807) is 24.5 Å². The first-order chi connectivity index (χ1) is 7.66. The highest BCUT2D eigenvalue weighted by atomic mass is 32.1. The molecule has 0 bridgehead atoms. The minimum absolute atomic E-state index is 0.0848. The van der Waals surface area contributed by atoms with E-state index in [1.807, 2.05) is 17.5 Å². The van der Waals surface area contributed by atoms with Crippen LogP contribution in [-0.4, -0.2) is 21.0 Å². The van der Waals surface area contributed by atoms with Gasteiger partial charge in [-0.05, 0) is 18.4 Å². The lowest BCUT2D eigenvalue weighted by molar-refractivity contribution is 0.0689. The second-order valence-electron chi connectivity index (χ2n) is 3.38. The van der Waals surface area contributed by atoms with Gasteiger partial charge >= 0.3 is 5.97 Å². The lowest BCUT2D eigenvalue weighted by Gasteiger charge is -2.02. The van der Waals surface area contributed by atoms with Gasteiger partial charge in [-0.1, -0.05) is 6.07 Å². The average molecular weight is 234 g/mol. The minimum Gasteiger partial charge on any atom is -0.477 e. The van der Waals surface area contributed by atoms with Gasteiger partial charge in [0.1, 0.15) is 5.82 Å². The molecule has 0 atom stereocenters. The predicted molar refractivity (Wildman–Crippen MR) is 60.9 cm³/mol. The molecule has 0 aromatic carbocycles. The Kier molecular flexibility index (Phi) is 2.96. The van der Waals surface area contributed by atoms with Crippen LogP contribution in [0.5, 0.6) is 0 Å². The number of nitrogens with zero attached hydrogens (tertiary/aromatic N) is 2. The van der Waals surface area contributed by atoms with Gasteiger partial charge < -0.3 is 5.11 Å². The number of thiophene rings is 1. The van der Waals surface area contributed by atoms with Crippen molar-refractivity contribution in [2.24, 2.45) is 0 Å². The fourth-order valence-corrected chi connectivity index (χ4v) is 2.05. The van der Waals surface area contributed by atoms with E-state index >= 15 is 0 Å². The summed E-state index contributed by atoms with van der Waals surface area (Å²) in [4.78, 5) is 20.2. The molecular weight excluding hydrogens is 224 g/mol. The van der Waals surface area contributed by atoms with Crippen LogP contribution in [0.2, 0.25) is 0 Å². The number of aromatic carboxylic acids is 1. The summed E-state index contributed by atoms with van der Waals surface area (Å²) in [5.41, 5.74) is 0.670. The van der Waals surface area contributed by atoms with Crippen LogP contribution in [0.4, 0.5) is 0 Å². The first-order valence-electron chi connectivity index (χ1n) is 4.75. The molecule has 0 saturated carbocycles. The van der Waals surface area contributed by atoms with Gasteiger partial charge in [0.05, 0.1) is 0 Å². The Morgan fingerprint density at radius 1 is 1.56 bits per heavy atom. The van der Waals surface area contributed by atoms with Gasteiger partial charge in [-0.3, -0.25) is 0 Å². The summed E-state index contributed by atoms with van der Waals surface area (Å²) < 4.78 is 0. The Morgan fingerprint density at radius 2 is 2.38 bits per heavy atom. The molecule has 0 unspecified atom stereocenters. The van der Waals surface area contributed by atoms with Crippen LogP contribution < -0.4 is 0 Å². The molecule has 0 saturated heterocycles. The number of carboxylic acid groups (broad SMARTS) is 1. The van der Waals surface area contributed by atoms with E-state index in [9.17, 15) is 4.79 Å². The molecular formula is C11H10N2O2S. The van der Waals surface area contributed by atoms with Crippen LogP contribution in [0, 0.1) is 6.92 Å². The normalized spacial score (nSPS) is 10.3. The number of carbonyl (C=O) groups is 1. The van der Waals surface area contributed by atoms with Gasteiger partial charge in [0, 0.05) is 23.1 Å². The molecule has 16 heavy (non-hydrogen) atoms. The summed E-state index contributed by atoms with van der Waals surface area (Å²) in [5, 5.41) is 10.9. The molecule has 4 nitrogen and oxygen atoms in total. The van der Waals surface area contributed by atoms with E-state index in [4.69, 9.17) is 5.11 Å². The van der Waals surface area contributed by atoms with E-state index in [0.29, 0.717) is 17.8 Å². The molecule has 82 valence electrons. The van der Waals surface area contributed by atoms with Crippen LogP contribution in [0.1, 0.15) is 26.8 Å². The zero-order valence-corrected chi connectivity index (χ0v) is 9.49. The maximum absolute atomic E-state index is 10.9. The fourth-order valence-electron chi connectivity index (χ4n) is 1.35. The highest BCUT2D eigenvalue weighted by molar-refractivity contribution is 7.09. The smallest absolute Gasteiger partial charge is 0.354 e. The molecule has 0 aliphatic heterocycles. The Hall–Kier alpha value is -1.75. The van der Waals surface area contributed by atoms with Gasteiger partial charge in [0.15, 0.2) is 5.69 Å². The average Bonchev–Trinajstić information content (AvgIpc) is 2.73. The summed E-state index contributed by atoms with van der Waals surface area (Å²) >= 11 is 1.61. The topological polar surface area (TPSA) is 63.1 Å². The molecule has 5 heteroatoms. The second-order valence-corrected chi connectivity index (χ2v) is 4.41. The minimum atomic E-state index is -1.01.